The Labute approximate surface area is 126 Å². The van der Waals surface area contributed by atoms with E-state index < -0.39 is 31.1 Å². The van der Waals surface area contributed by atoms with Gasteiger partial charge in [-0.15, -0.1) is 0 Å². The van der Waals surface area contributed by atoms with Crippen molar-refractivity contribution >= 4 is 39.7 Å². The fourth-order valence-electron chi connectivity index (χ4n) is 2.19. The number of anilines is 1. The number of aliphatic hydroxyl groups is 3. The van der Waals surface area contributed by atoms with Crippen molar-refractivity contribution in [2.75, 3.05) is 12.3 Å². The molecule has 2 aromatic rings. The Morgan fingerprint density at radius 1 is 1.35 bits per heavy atom. The van der Waals surface area contributed by atoms with Gasteiger partial charge in [-0.05, 0) is 22.6 Å². The monoisotopic (exact) mass is 393 g/mol. The van der Waals surface area contributed by atoms with Crippen molar-refractivity contribution in [2.24, 2.45) is 0 Å². The number of hydrogen-bond donors (Lipinski definition) is 4. The maximum atomic E-state index is 10.0. The van der Waals surface area contributed by atoms with Gasteiger partial charge in [-0.1, -0.05) is 0 Å². The third kappa shape index (κ3) is 2.03. The van der Waals surface area contributed by atoms with Crippen LogP contribution in [-0.2, 0) is 4.74 Å². The molecule has 5 N–H and O–H groups in total. The summed E-state index contributed by atoms with van der Waals surface area (Å²) < 4.78 is 7.49. The van der Waals surface area contributed by atoms with E-state index in [1.165, 1.54) is 10.9 Å². The van der Waals surface area contributed by atoms with Crippen molar-refractivity contribution in [2.45, 2.75) is 24.5 Å². The van der Waals surface area contributed by atoms with E-state index in [0.717, 1.165) is 0 Å². The molecule has 0 amide bonds. The van der Waals surface area contributed by atoms with Gasteiger partial charge in [0.25, 0.3) is 0 Å². The van der Waals surface area contributed by atoms with E-state index >= 15 is 0 Å². The van der Waals surface area contributed by atoms with E-state index in [4.69, 9.17) is 15.6 Å². The van der Waals surface area contributed by atoms with Gasteiger partial charge in [0, 0.05) is 0 Å². The molecule has 1 saturated heterocycles. The number of aromatic nitrogens is 4. The first kappa shape index (κ1) is 13.9. The molecule has 108 valence electrons. The minimum absolute atomic E-state index is 0.0791. The SMILES string of the molecule is Nc1nc(I)c2ncn([C@H]3O[C@@H](CO)[C@@H](O)[C@@H]3O)c2n1. The molecule has 1 aliphatic heterocycles. The minimum Gasteiger partial charge on any atom is -0.394 e. The van der Waals surface area contributed by atoms with Crippen molar-refractivity contribution in [1.29, 1.82) is 0 Å². The van der Waals surface area contributed by atoms with Crippen LogP contribution in [0.1, 0.15) is 6.23 Å². The van der Waals surface area contributed by atoms with E-state index in [0.29, 0.717) is 14.9 Å². The Kier molecular flexibility index (Phi) is 3.50. The van der Waals surface area contributed by atoms with Crippen LogP contribution in [-0.4, -0.2) is 59.8 Å². The van der Waals surface area contributed by atoms with Gasteiger partial charge in [0.1, 0.15) is 27.5 Å². The van der Waals surface area contributed by atoms with Crippen LogP contribution in [0.25, 0.3) is 11.2 Å². The van der Waals surface area contributed by atoms with Gasteiger partial charge < -0.3 is 25.8 Å². The highest BCUT2D eigenvalue weighted by atomic mass is 127. The van der Waals surface area contributed by atoms with E-state index in [1.807, 2.05) is 22.6 Å². The number of ether oxygens (including phenoxy) is 1. The number of halogens is 1. The number of fused-ring (bicyclic) bond motifs is 1. The Bertz CT molecular complexity index is 650. The summed E-state index contributed by atoms with van der Waals surface area (Å²) in [6.07, 6.45) is -2.69. The van der Waals surface area contributed by atoms with E-state index in [1.54, 1.807) is 0 Å². The van der Waals surface area contributed by atoms with Crippen LogP contribution in [0.15, 0.2) is 6.33 Å². The third-order valence-corrected chi connectivity index (χ3v) is 3.94. The van der Waals surface area contributed by atoms with E-state index in [-0.39, 0.29) is 5.95 Å². The summed E-state index contributed by atoms with van der Waals surface area (Å²) in [6, 6.07) is 0. The molecular formula is C10H12IN5O4. The molecule has 4 atom stereocenters. The molecule has 10 heteroatoms. The zero-order valence-electron chi connectivity index (χ0n) is 10.1. The largest absolute Gasteiger partial charge is 0.394 e. The molecule has 20 heavy (non-hydrogen) atoms. The van der Waals surface area contributed by atoms with Crippen molar-refractivity contribution < 1.29 is 20.1 Å². The summed E-state index contributed by atoms with van der Waals surface area (Å²) in [5.41, 5.74) is 6.53. The number of hydrogen-bond acceptors (Lipinski definition) is 8. The summed E-state index contributed by atoms with van der Waals surface area (Å²) >= 11 is 1.98. The summed E-state index contributed by atoms with van der Waals surface area (Å²) in [6.45, 7) is -0.393. The summed E-state index contributed by atoms with van der Waals surface area (Å²) in [4.78, 5) is 12.2. The molecular weight excluding hydrogens is 381 g/mol. The molecule has 0 bridgehead atoms. The highest BCUT2D eigenvalue weighted by molar-refractivity contribution is 14.1. The number of nitrogens with two attached hydrogens (primary N) is 1. The maximum Gasteiger partial charge on any atom is 0.223 e. The van der Waals surface area contributed by atoms with Gasteiger partial charge in [0.15, 0.2) is 11.9 Å². The highest BCUT2D eigenvalue weighted by Crippen LogP contribution is 2.31. The Balaban J connectivity index is 2.07. The Morgan fingerprint density at radius 3 is 2.75 bits per heavy atom. The van der Waals surface area contributed by atoms with Crippen LogP contribution in [0.2, 0.25) is 0 Å². The zero-order chi connectivity index (χ0) is 14.4. The molecule has 0 radical (unpaired) electrons. The third-order valence-electron chi connectivity index (χ3n) is 3.19. The first-order valence-electron chi connectivity index (χ1n) is 5.81. The molecule has 1 aliphatic rings. The van der Waals surface area contributed by atoms with Gasteiger partial charge >= 0.3 is 0 Å². The molecule has 2 aromatic heterocycles. The average Bonchev–Trinajstić information content (AvgIpc) is 2.93. The molecule has 0 aromatic carbocycles. The standard InChI is InChI=1S/C10H12IN5O4/c11-7-4-8(15-10(12)14-7)16(2-13-4)9-6(19)5(18)3(1-17)20-9/h2-3,5-6,9,17-19H,1H2,(H2,12,14,15)/t3-,5+,6-,9-/m0/s1. The first-order valence-corrected chi connectivity index (χ1v) is 6.88. The Hall–Kier alpha value is -1.08. The minimum atomic E-state index is -1.20. The predicted molar refractivity (Wildman–Crippen MR) is 75.5 cm³/mol. The van der Waals surface area contributed by atoms with Crippen LogP contribution in [0, 0.1) is 3.70 Å². The smallest absolute Gasteiger partial charge is 0.223 e. The van der Waals surface area contributed by atoms with E-state index in [9.17, 15) is 10.2 Å². The summed E-state index contributed by atoms with van der Waals surface area (Å²) in [7, 11) is 0. The average molecular weight is 393 g/mol. The van der Waals surface area contributed by atoms with Gasteiger partial charge in [-0.25, -0.2) is 9.97 Å². The summed E-state index contributed by atoms with van der Waals surface area (Å²) in [5, 5.41) is 28.9. The first-order chi connectivity index (χ1) is 9.52. The fraction of sp³-hybridized carbons (Fsp3) is 0.500. The fourth-order valence-corrected chi connectivity index (χ4v) is 2.82. The number of aliphatic hydroxyl groups excluding tert-OH is 3. The van der Waals surface area contributed by atoms with Gasteiger partial charge in [0.05, 0.1) is 12.9 Å². The van der Waals surface area contributed by atoms with Crippen molar-refractivity contribution in [1.82, 2.24) is 19.5 Å². The number of nitrogen functional groups attached to an aromatic ring is 1. The van der Waals surface area contributed by atoms with Crippen molar-refractivity contribution in [3.63, 3.8) is 0 Å². The second-order valence-corrected chi connectivity index (χ2v) is 5.45. The van der Waals surface area contributed by atoms with Gasteiger partial charge in [0.2, 0.25) is 5.95 Å². The highest BCUT2D eigenvalue weighted by Gasteiger charge is 2.44. The number of imidazole rings is 1. The molecule has 0 unspecified atom stereocenters. The number of nitrogens with zero attached hydrogens (tertiary/aromatic N) is 4. The Morgan fingerprint density at radius 2 is 2.10 bits per heavy atom. The lowest BCUT2D eigenvalue weighted by molar-refractivity contribution is -0.0511. The van der Waals surface area contributed by atoms with E-state index in [2.05, 4.69) is 15.0 Å². The van der Waals surface area contributed by atoms with Gasteiger partial charge in [-0.3, -0.25) is 4.57 Å². The van der Waals surface area contributed by atoms with Crippen LogP contribution < -0.4 is 5.73 Å². The zero-order valence-corrected chi connectivity index (χ0v) is 12.2. The predicted octanol–water partition coefficient (Wildman–Crippen LogP) is -1.38. The van der Waals surface area contributed by atoms with Crippen molar-refractivity contribution in [3.05, 3.63) is 10.0 Å². The molecule has 0 aliphatic carbocycles. The topological polar surface area (TPSA) is 140 Å². The molecule has 0 spiro atoms. The van der Waals surface area contributed by atoms with Gasteiger partial charge in [-0.2, -0.15) is 4.98 Å². The quantitative estimate of drug-likeness (QED) is 0.362. The molecule has 1 fully saturated rings. The normalized spacial score (nSPS) is 30.2. The second kappa shape index (κ2) is 5.04. The number of rotatable bonds is 2. The maximum absolute atomic E-state index is 10.0. The lowest BCUT2D eigenvalue weighted by Crippen LogP contribution is -2.33. The van der Waals surface area contributed by atoms with Crippen LogP contribution in [0.4, 0.5) is 5.95 Å². The van der Waals surface area contributed by atoms with Crippen molar-refractivity contribution in [3.8, 4) is 0 Å². The molecule has 3 heterocycles. The molecule has 9 nitrogen and oxygen atoms in total. The lowest BCUT2D eigenvalue weighted by atomic mass is 10.1. The van der Waals surface area contributed by atoms with Crippen LogP contribution in [0.5, 0.6) is 0 Å². The van der Waals surface area contributed by atoms with Crippen LogP contribution in [0.3, 0.4) is 0 Å². The van der Waals surface area contributed by atoms with Crippen LogP contribution >= 0.6 is 22.6 Å². The lowest BCUT2D eigenvalue weighted by Gasteiger charge is -2.16. The molecule has 3 rings (SSSR count). The summed E-state index contributed by atoms with van der Waals surface area (Å²) in [5.74, 6) is 0.0791. The second-order valence-electron chi connectivity index (χ2n) is 4.43. The molecule has 0 saturated carbocycles.